The molecule has 0 aliphatic carbocycles. The van der Waals surface area contributed by atoms with E-state index in [0.29, 0.717) is 18.5 Å². The number of hydrogen-bond acceptors (Lipinski definition) is 7. The van der Waals surface area contributed by atoms with Crippen LogP contribution in [0.5, 0.6) is 0 Å². The SMILES string of the molecule is C=CCCCCOC(=O)[C@@H]1[C@H]2C(=O)N(CCO)C(C(=O)N(CC=C)c3ccc(N(CC)CC)cc3)C23CC(C)[C@@]1(C)O3. The van der Waals surface area contributed by atoms with Gasteiger partial charge in [-0.25, -0.2) is 0 Å². The molecule has 230 valence electrons. The summed E-state index contributed by atoms with van der Waals surface area (Å²) in [5.41, 5.74) is -0.423. The summed E-state index contributed by atoms with van der Waals surface area (Å²) in [4.78, 5) is 47.5. The number of unbranched alkanes of at least 4 members (excludes halogenated alkanes) is 2. The molecular weight excluding hydrogens is 534 g/mol. The highest BCUT2D eigenvalue weighted by atomic mass is 16.6. The van der Waals surface area contributed by atoms with Crippen LogP contribution in [0.25, 0.3) is 0 Å². The van der Waals surface area contributed by atoms with Crippen LogP contribution in [-0.2, 0) is 23.9 Å². The fraction of sp³-hybridized carbons (Fsp3) is 0.606. The number of rotatable bonds is 15. The van der Waals surface area contributed by atoms with Crippen molar-refractivity contribution in [1.82, 2.24) is 4.90 Å². The lowest BCUT2D eigenvalue weighted by Gasteiger charge is -2.37. The number of benzene rings is 1. The molecule has 9 heteroatoms. The summed E-state index contributed by atoms with van der Waals surface area (Å²) in [6.07, 6.45) is 6.32. The van der Waals surface area contributed by atoms with E-state index in [1.807, 2.05) is 44.2 Å². The highest BCUT2D eigenvalue weighted by molar-refractivity contribution is 6.05. The number of nitrogens with zero attached hydrogens (tertiary/aromatic N) is 3. The summed E-state index contributed by atoms with van der Waals surface area (Å²) in [7, 11) is 0. The smallest absolute Gasteiger partial charge is 0.312 e. The Hall–Kier alpha value is -3.17. The van der Waals surface area contributed by atoms with Crippen molar-refractivity contribution in [2.75, 3.05) is 49.2 Å². The number of hydrogen-bond donors (Lipinski definition) is 1. The summed E-state index contributed by atoms with van der Waals surface area (Å²) in [6, 6.07) is 6.78. The van der Waals surface area contributed by atoms with Gasteiger partial charge in [-0.15, -0.1) is 13.2 Å². The van der Waals surface area contributed by atoms with Gasteiger partial charge in [-0.2, -0.15) is 0 Å². The molecule has 1 aromatic rings. The molecule has 2 amide bonds. The fourth-order valence-electron chi connectivity index (χ4n) is 7.41. The van der Waals surface area contributed by atoms with Gasteiger partial charge in [-0.05, 0) is 76.6 Å². The van der Waals surface area contributed by atoms with Crippen molar-refractivity contribution in [3.63, 3.8) is 0 Å². The van der Waals surface area contributed by atoms with E-state index in [-0.39, 0.29) is 44.0 Å². The first-order valence-electron chi connectivity index (χ1n) is 15.3. The molecule has 0 aromatic heterocycles. The topological polar surface area (TPSA) is 99.6 Å². The second-order valence-electron chi connectivity index (χ2n) is 11.8. The minimum Gasteiger partial charge on any atom is -0.465 e. The second-order valence-corrected chi connectivity index (χ2v) is 11.8. The number of ether oxygens (including phenoxy) is 2. The molecule has 3 saturated heterocycles. The normalized spacial score (nSPS) is 29.4. The number of anilines is 2. The Bertz CT molecular complexity index is 1170. The summed E-state index contributed by atoms with van der Waals surface area (Å²) >= 11 is 0. The first-order chi connectivity index (χ1) is 20.1. The molecule has 42 heavy (non-hydrogen) atoms. The van der Waals surface area contributed by atoms with E-state index in [1.165, 1.54) is 4.90 Å². The number of carbonyl (C=O) groups is 3. The molecule has 1 aromatic carbocycles. The van der Waals surface area contributed by atoms with Crippen LogP contribution in [0.2, 0.25) is 0 Å². The highest BCUT2D eigenvalue weighted by Crippen LogP contribution is 2.65. The number of amides is 2. The number of carbonyl (C=O) groups excluding carboxylic acids is 3. The number of esters is 1. The lowest BCUT2D eigenvalue weighted by Crippen LogP contribution is -2.57. The van der Waals surface area contributed by atoms with Crippen LogP contribution >= 0.6 is 0 Å². The number of allylic oxidation sites excluding steroid dienone is 1. The maximum Gasteiger partial charge on any atom is 0.312 e. The van der Waals surface area contributed by atoms with Gasteiger partial charge in [0.15, 0.2) is 0 Å². The van der Waals surface area contributed by atoms with Crippen molar-refractivity contribution in [3.05, 3.63) is 49.6 Å². The van der Waals surface area contributed by atoms with Crippen LogP contribution < -0.4 is 9.80 Å². The fourth-order valence-corrected chi connectivity index (χ4v) is 7.41. The minimum atomic E-state index is -1.20. The largest absolute Gasteiger partial charge is 0.465 e. The Morgan fingerprint density at radius 1 is 1.14 bits per heavy atom. The summed E-state index contributed by atoms with van der Waals surface area (Å²) in [5, 5.41) is 9.95. The lowest BCUT2D eigenvalue weighted by atomic mass is 9.62. The third-order valence-electron chi connectivity index (χ3n) is 9.56. The standard InChI is InChI=1S/C33H47N3O6/c1-7-11-12-13-21-41-31(40)27-26-29(38)36(19-20-37)28(33(26)22-23(5)32(27,6)42-33)30(39)35(18-8-2)25-16-14-24(15-17-25)34(9-3)10-4/h7-8,14-17,23,26-28,37H,1-2,9-13,18-22H2,3-6H3/t23?,26-,27-,28?,32+,33?/m0/s1. The Morgan fingerprint density at radius 3 is 2.40 bits per heavy atom. The third kappa shape index (κ3) is 5.26. The lowest BCUT2D eigenvalue weighted by molar-refractivity contribution is -0.161. The van der Waals surface area contributed by atoms with E-state index in [4.69, 9.17) is 9.47 Å². The van der Waals surface area contributed by atoms with Crippen LogP contribution in [0, 0.1) is 17.8 Å². The number of aliphatic hydroxyl groups is 1. The van der Waals surface area contributed by atoms with Gasteiger partial charge in [-0.3, -0.25) is 14.4 Å². The van der Waals surface area contributed by atoms with E-state index in [9.17, 15) is 19.5 Å². The maximum atomic E-state index is 14.6. The van der Waals surface area contributed by atoms with E-state index >= 15 is 0 Å². The van der Waals surface area contributed by atoms with Crippen molar-refractivity contribution in [2.45, 2.75) is 70.6 Å². The van der Waals surface area contributed by atoms with Crippen LogP contribution in [0.4, 0.5) is 11.4 Å². The number of aliphatic hydroxyl groups excluding tert-OH is 1. The van der Waals surface area contributed by atoms with Crippen molar-refractivity contribution < 1.29 is 29.0 Å². The van der Waals surface area contributed by atoms with E-state index in [0.717, 1.165) is 31.6 Å². The molecule has 3 aliphatic rings. The van der Waals surface area contributed by atoms with Gasteiger partial charge in [-0.1, -0.05) is 19.1 Å². The Balaban J connectivity index is 1.69. The molecule has 0 saturated carbocycles. The van der Waals surface area contributed by atoms with E-state index in [1.54, 1.807) is 11.0 Å². The highest BCUT2D eigenvalue weighted by Gasteiger charge is 2.80. The molecule has 4 rings (SSSR count). The van der Waals surface area contributed by atoms with Crippen LogP contribution in [0.15, 0.2) is 49.6 Å². The molecule has 3 fully saturated rings. The zero-order chi connectivity index (χ0) is 30.7. The van der Waals surface area contributed by atoms with Crippen LogP contribution in [0.3, 0.4) is 0 Å². The van der Waals surface area contributed by atoms with Gasteiger partial charge in [0.25, 0.3) is 5.91 Å². The van der Waals surface area contributed by atoms with Gasteiger partial charge in [0.1, 0.15) is 17.6 Å². The zero-order valence-corrected chi connectivity index (χ0v) is 25.6. The molecular formula is C33H47N3O6. The van der Waals surface area contributed by atoms with Crippen molar-refractivity contribution in [3.8, 4) is 0 Å². The number of β-amino-alcohol motifs (C(OH)–C–C–N with tert-alkyl or cyclic N) is 1. The molecule has 2 bridgehead atoms. The van der Waals surface area contributed by atoms with Gasteiger partial charge in [0, 0.05) is 37.6 Å². The molecule has 1 spiro atoms. The summed E-state index contributed by atoms with van der Waals surface area (Å²) < 4.78 is 12.4. The van der Waals surface area contributed by atoms with Gasteiger partial charge >= 0.3 is 5.97 Å². The van der Waals surface area contributed by atoms with Gasteiger partial charge in [0.2, 0.25) is 5.91 Å². The molecule has 9 nitrogen and oxygen atoms in total. The Kier molecular flexibility index (Phi) is 9.83. The second kappa shape index (κ2) is 13.0. The molecule has 6 atom stereocenters. The van der Waals surface area contributed by atoms with E-state index < -0.39 is 35.0 Å². The Labute approximate surface area is 250 Å². The maximum absolute atomic E-state index is 14.6. The van der Waals surface area contributed by atoms with E-state index in [2.05, 4.69) is 31.9 Å². The Morgan fingerprint density at radius 2 is 1.81 bits per heavy atom. The molecule has 3 heterocycles. The number of fused-ring (bicyclic) bond motifs is 1. The predicted molar refractivity (Wildman–Crippen MR) is 163 cm³/mol. The van der Waals surface area contributed by atoms with Crippen molar-refractivity contribution >= 4 is 29.2 Å². The molecule has 1 N–H and O–H groups in total. The number of likely N-dealkylation sites (tertiary alicyclic amines) is 1. The quantitative estimate of drug-likeness (QED) is 0.190. The van der Waals surface area contributed by atoms with Gasteiger partial charge in [0.05, 0.1) is 24.7 Å². The molecule has 3 aliphatic heterocycles. The monoisotopic (exact) mass is 581 g/mol. The van der Waals surface area contributed by atoms with Crippen LogP contribution in [-0.4, -0.2) is 84.4 Å². The average Bonchev–Trinajstić information content (AvgIpc) is 3.49. The first-order valence-corrected chi connectivity index (χ1v) is 15.3. The third-order valence-corrected chi connectivity index (χ3v) is 9.56. The summed E-state index contributed by atoms with van der Waals surface area (Å²) in [5.74, 6) is -2.92. The predicted octanol–water partition coefficient (Wildman–Crippen LogP) is 3.95. The summed E-state index contributed by atoms with van der Waals surface area (Å²) in [6.45, 7) is 17.5. The van der Waals surface area contributed by atoms with Crippen molar-refractivity contribution in [2.24, 2.45) is 17.8 Å². The minimum absolute atomic E-state index is 0.0336. The van der Waals surface area contributed by atoms with Gasteiger partial charge < -0.3 is 29.3 Å². The first kappa shape index (κ1) is 31.8. The average molecular weight is 582 g/mol. The molecule has 3 unspecified atom stereocenters. The molecule has 0 radical (unpaired) electrons. The zero-order valence-electron chi connectivity index (χ0n) is 25.6. The van der Waals surface area contributed by atoms with Crippen molar-refractivity contribution in [1.29, 1.82) is 0 Å². The van der Waals surface area contributed by atoms with Crippen LogP contribution in [0.1, 0.15) is 53.4 Å².